The van der Waals surface area contributed by atoms with Crippen molar-refractivity contribution < 1.29 is 14.9 Å². The zero-order chi connectivity index (χ0) is 16.2. The first kappa shape index (κ1) is 16.1. The number of ether oxygens (including phenoxy) is 1. The summed E-state index contributed by atoms with van der Waals surface area (Å²) in [5.74, 6) is 2.13. The Bertz CT molecular complexity index is 501. The van der Waals surface area contributed by atoms with E-state index in [1.807, 2.05) is 0 Å². The van der Waals surface area contributed by atoms with Crippen LogP contribution in [0.1, 0.15) is 58.3 Å². The van der Waals surface area contributed by atoms with Crippen molar-refractivity contribution >= 4 is 0 Å². The maximum Gasteiger partial charge on any atom is 0.101 e. The molecule has 0 saturated heterocycles. The van der Waals surface area contributed by atoms with Gasteiger partial charge in [0.25, 0.3) is 0 Å². The van der Waals surface area contributed by atoms with E-state index in [4.69, 9.17) is 4.74 Å². The molecule has 3 saturated carbocycles. The number of fused-ring (bicyclic) bond motifs is 5. The zero-order valence-electron chi connectivity index (χ0n) is 14.6. The van der Waals surface area contributed by atoms with Crippen LogP contribution >= 0.6 is 0 Å². The first-order valence-corrected chi connectivity index (χ1v) is 9.57. The van der Waals surface area contributed by atoms with Gasteiger partial charge in [0.1, 0.15) is 6.10 Å². The minimum atomic E-state index is -0.480. The number of hydrogen-bond acceptors (Lipinski definition) is 3. The Balaban J connectivity index is 1.70. The van der Waals surface area contributed by atoms with Crippen LogP contribution in [-0.2, 0) is 4.74 Å². The van der Waals surface area contributed by atoms with Crippen LogP contribution in [0.2, 0.25) is 0 Å². The molecule has 7 atom stereocenters. The van der Waals surface area contributed by atoms with Crippen molar-refractivity contribution in [3.8, 4) is 0 Å². The van der Waals surface area contributed by atoms with E-state index in [1.54, 1.807) is 7.11 Å². The normalized spacial score (nSPS) is 52.3. The van der Waals surface area contributed by atoms with Gasteiger partial charge in [-0.2, -0.15) is 0 Å². The third-order valence-corrected chi connectivity index (χ3v) is 8.19. The predicted octanol–water partition coefficient (Wildman–Crippen LogP) is 3.30. The summed E-state index contributed by atoms with van der Waals surface area (Å²) in [5, 5.41) is 21.0. The molecule has 0 aromatic heterocycles. The highest BCUT2D eigenvalue weighted by Crippen LogP contribution is 2.65. The van der Waals surface area contributed by atoms with Crippen molar-refractivity contribution in [1.29, 1.82) is 0 Å². The Kier molecular flexibility index (Phi) is 3.90. The lowest BCUT2D eigenvalue weighted by atomic mass is 9.47. The van der Waals surface area contributed by atoms with E-state index in [0.717, 1.165) is 18.3 Å². The van der Waals surface area contributed by atoms with E-state index >= 15 is 0 Å². The van der Waals surface area contributed by atoms with Crippen molar-refractivity contribution in [3.63, 3.8) is 0 Å². The molecular formula is C20H32O3. The Morgan fingerprint density at radius 2 is 2.04 bits per heavy atom. The number of aliphatic hydroxyl groups excluding tert-OH is 2. The lowest BCUT2D eigenvalue weighted by Crippen LogP contribution is -2.54. The quantitative estimate of drug-likeness (QED) is 0.768. The van der Waals surface area contributed by atoms with Gasteiger partial charge in [0.15, 0.2) is 0 Å². The van der Waals surface area contributed by atoms with Gasteiger partial charge in [0.05, 0.1) is 12.7 Å². The molecule has 130 valence electrons. The van der Waals surface area contributed by atoms with E-state index in [0.29, 0.717) is 17.8 Å². The second-order valence-electron chi connectivity index (χ2n) is 8.98. The lowest BCUT2D eigenvalue weighted by molar-refractivity contribution is -0.0997. The molecule has 4 aliphatic rings. The molecule has 3 nitrogen and oxygen atoms in total. The lowest BCUT2D eigenvalue weighted by Gasteiger charge is -2.59. The topological polar surface area (TPSA) is 49.7 Å². The van der Waals surface area contributed by atoms with Gasteiger partial charge in [0.2, 0.25) is 0 Å². The molecule has 2 unspecified atom stereocenters. The van der Waals surface area contributed by atoms with E-state index in [2.05, 4.69) is 13.0 Å². The molecule has 0 spiro atoms. The molecule has 0 heterocycles. The predicted molar refractivity (Wildman–Crippen MR) is 89.9 cm³/mol. The van der Waals surface area contributed by atoms with Gasteiger partial charge in [-0.1, -0.05) is 25.0 Å². The first-order valence-electron chi connectivity index (χ1n) is 9.57. The third-order valence-electron chi connectivity index (χ3n) is 8.19. The SMILES string of the molecule is COC1C=C2CC[C@@H]3[C@@H](CC[C@]4(C)CCC[C@@H]34)[C@@]2(CO)CC1O. The maximum absolute atomic E-state index is 10.6. The smallest absolute Gasteiger partial charge is 0.101 e. The van der Waals surface area contributed by atoms with E-state index in [1.165, 1.54) is 44.1 Å². The molecule has 4 rings (SSSR count). The molecule has 4 aliphatic carbocycles. The summed E-state index contributed by atoms with van der Waals surface area (Å²) in [7, 11) is 1.67. The minimum absolute atomic E-state index is 0.179. The molecule has 3 fully saturated rings. The van der Waals surface area contributed by atoms with Gasteiger partial charge in [-0.15, -0.1) is 0 Å². The minimum Gasteiger partial charge on any atom is -0.395 e. The van der Waals surface area contributed by atoms with Gasteiger partial charge < -0.3 is 14.9 Å². The molecule has 0 aromatic rings. The van der Waals surface area contributed by atoms with E-state index in [-0.39, 0.29) is 18.1 Å². The van der Waals surface area contributed by atoms with Gasteiger partial charge in [-0.05, 0) is 68.1 Å². The average Bonchev–Trinajstić information content (AvgIpc) is 2.95. The Morgan fingerprint density at radius 1 is 1.22 bits per heavy atom. The van der Waals surface area contributed by atoms with Crippen molar-refractivity contribution in [2.24, 2.45) is 28.6 Å². The van der Waals surface area contributed by atoms with Crippen LogP contribution in [0.15, 0.2) is 11.6 Å². The Labute approximate surface area is 140 Å². The molecule has 3 heteroatoms. The van der Waals surface area contributed by atoms with E-state index in [9.17, 15) is 10.2 Å². The summed E-state index contributed by atoms with van der Waals surface area (Å²) >= 11 is 0. The standard InChI is InChI=1S/C20H32O3/c1-19-8-3-4-15(19)14-6-5-13-10-18(23-2)17(22)11-20(13,12-21)16(14)7-9-19/h10,14-18,21-22H,3-9,11-12H2,1-2H3/t14-,15-,16+,17?,18?,19-,20+/m0/s1. The van der Waals surface area contributed by atoms with Gasteiger partial charge in [-0.3, -0.25) is 0 Å². The largest absolute Gasteiger partial charge is 0.395 e. The van der Waals surface area contributed by atoms with Crippen LogP contribution in [0.4, 0.5) is 0 Å². The van der Waals surface area contributed by atoms with Gasteiger partial charge in [0, 0.05) is 12.5 Å². The monoisotopic (exact) mass is 320 g/mol. The molecule has 0 bridgehead atoms. The Morgan fingerprint density at radius 3 is 2.78 bits per heavy atom. The Hall–Kier alpha value is -0.380. The number of hydrogen-bond donors (Lipinski definition) is 2. The fourth-order valence-corrected chi connectivity index (χ4v) is 7.02. The highest BCUT2D eigenvalue weighted by molar-refractivity contribution is 5.28. The molecule has 23 heavy (non-hydrogen) atoms. The third kappa shape index (κ3) is 2.19. The fourth-order valence-electron chi connectivity index (χ4n) is 7.02. The molecule has 0 aliphatic heterocycles. The van der Waals surface area contributed by atoms with Crippen molar-refractivity contribution in [1.82, 2.24) is 0 Å². The zero-order valence-corrected chi connectivity index (χ0v) is 14.6. The van der Waals surface area contributed by atoms with Gasteiger partial charge in [-0.25, -0.2) is 0 Å². The van der Waals surface area contributed by atoms with Crippen LogP contribution in [0.3, 0.4) is 0 Å². The van der Waals surface area contributed by atoms with Crippen LogP contribution in [0, 0.1) is 28.6 Å². The summed E-state index contributed by atoms with van der Waals surface area (Å²) in [5.41, 5.74) is 1.74. The summed E-state index contributed by atoms with van der Waals surface area (Å²) in [6.07, 6.45) is 11.2. The van der Waals surface area contributed by atoms with Crippen LogP contribution in [0.25, 0.3) is 0 Å². The molecule has 2 N–H and O–H groups in total. The summed E-state index contributed by atoms with van der Waals surface area (Å²) < 4.78 is 5.46. The summed E-state index contributed by atoms with van der Waals surface area (Å²) in [6, 6.07) is 0. The molecule has 0 radical (unpaired) electrons. The number of methoxy groups -OCH3 is 1. The van der Waals surface area contributed by atoms with E-state index < -0.39 is 6.10 Å². The van der Waals surface area contributed by atoms with Crippen molar-refractivity contribution in [3.05, 3.63) is 11.6 Å². The first-order chi connectivity index (χ1) is 11.0. The summed E-state index contributed by atoms with van der Waals surface area (Å²) in [4.78, 5) is 0. The molecular weight excluding hydrogens is 288 g/mol. The van der Waals surface area contributed by atoms with Crippen LogP contribution < -0.4 is 0 Å². The summed E-state index contributed by atoms with van der Waals surface area (Å²) in [6.45, 7) is 2.70. The number of rotatable bonds is 2. The van der Waals surface area contributed by atoms with Crippen molar-refractivity contribution in [2.45, 2.75) is 70.5 Å². The highest BCUT2D eigenvalue weighted by atomic mass is 16.5. The highest BCUT2D eigenvalue weighted by Gasteiger charge is 2.58. The van der Waals surface area contributed by atoms with Gasteiger partial charge >= 0.3 is 0 Å². The maximum atomic E-state index is 10.6. The van der Waals surface area contributed by atoms with Crippen LogP contribution in [0.5, 0.6) is 0 Å². The molecule has 0 amide bonds. The van der Waals surface area contributed by atoms with Crippen LogP contribution in [-0.4, -0.2) is 36.1 Å². The number of aliphatic hydroxyl groups is 2. The second-order valence-corrected chi connectivity index (χ2v) is 8.98. The fraction of sp³-hybridized carbons (Fsp3) is 0.900. The molecule has 0 aromatic carbocycles. The second kappa shape index (κ2) is 5.57. The van der Waals surface area contributed by atoms with Crippen molar-refractivity contribution in [2.75, 3.05) is 13.7 Å². The average molecular weight is 320 g/mol.